The molecular weight excluding hydrogens is 402 g/mol. The van der Waals surface area contributed by atoms with Crippen molar-refractivity contribution in [3.05, 3.63) is 131 Å². The lowest BCUT2D eigenvalue weighted by molar-refractivity contribution is 0.437. The molecule has 0 amide bonds. The zero-order chi connectivity index (χ0) is 21.6. The average Bonchev–Trinajstić information content (AvgIpc) is 3.37. The SMILES string of the molecule is [C+]1=Cc2[nH]c3cc4c(cc3c2C=C1)C1(c2ccccc2O4)c2ccccc2-c2ccccc21. The summed E-state index contributed by atoms with van der Waals surface area (Å²) in [4.78, 5) is 3.56. The molecule has 2 heteroatoms. The number of rotatable bonds is 0. The standard InChI is InChI=1S/C31H18NO/c1-4-12-23-19(9-1)20-10-2-5-13-24(20)31(23)25-14-6-8-16-29(25)33-30-18-28-22(17-26(30)31)21-11-3-7-15-27(21)32-28/h1-6,8-18,32H/q+1. The molecule has 8 rings (SSSR count). The van der Waals surface area contributed by atoms with Crippen molar-refractivity contribution in [3.8, 4) is 22.6 Å². The maximum Gasteiger partial charge on any atom is 0.159 e. The summed E-state index contributed by atoms with van der Waals surface area (Å²) in [5.74, 6) is 1.82. The van der Waals surface area contributed by atoms with Gasteiger partial charge in [0.25, 0.3) is 0 Å². The van der Waals surface area contributed by atoms with Crippen LogP contribution in [0.1, 0.15) is 33.5 Å². The van der Waals surface area contributed by atoms with Crippen LogP contribution in [-0.2, 0) is 5.41 Å². The summed E-state index contributed by atoms with van der Waals surface area (Å²) in [6.07, 6.45) is 9.33. The van der Waals surface area contributed by atoms with Crippen LogP contribution in [0.15, 0.2) is 91.0 Å². The van der Waals surface area contributed by atoms with Crippen LogP contribution in [0.2, 0.25) is 0 Å². The van der Waals surface area contributed by atoms with Crippen LogP contribution < -0.4 is 4.74 Å². The van der Waals surface area contributed by atoms with Gasteiger partial charge >= 0.3 is 0 Å². The first kappa shape index (κ1) is 17.2. The predicted molar refractivity (Wildman–Crippen MR) is 132 cm³/mol. The highest BCUT2D eigenvalue weighted by molar-refractivity contribution is 5.98. The van der Waals surface area contributed by atoms with E-state index in [0.29, 0.717) is 0 Å². The van der Waals surface area contributed by atoms with Gasteiger partial charge in [0.1, 0.15) is 29.2 Å². The number of nitrogens with one attached hydrogen (secondary N) is 1. The lowest BCUT2D eigenvalue weighted by Gasteiger charge is -2.39. The predicted octanol–water partition coefficient (Wildman–Crippen LogP) is 7.48. The number of H-pyrrole nitrogens is 1. The Morgan fingerprint density at radius 1 is 0.697 bits per heavy atom. The second kappa shape index (κ2) is 5.89. The van der Waals surface area contributed by atoms with Crippen LogP contribution in [0.4, 0.5) is 0 Å². The monoisotopic (exact) mass is 420 g/mol. The zero-order valence-corrected chi connectivity index (χ0v) is 17.7. The van der Waals surface area contributed by atoms with Gasteiger partial charge in [-0.1, -0.05) is 66.7 Å². The molecule has 4 aromatic carbocycles. The highest BCUT2D eigenvalue weighted by Crippen LogP contribution is 2.62. The van der Waals surface area contributed by atoms with Crippen LogP contribution in [0, 0.1) is 6.08 Å². The maximum absolute atomic E-state index is 6.57. The molecule has 1 aliphatic heterocycles. The third kappa shape index (κ3) is 1.98. The molecule has 2 aliphatic carbocycles. The Morgan fingerprint density at radius 3 is 2.18 bits per heavy atom. The van der Waals surface area contributed by atoms with Crippen LogP contribution >= 0.6 is 0 Å². The van der Waals surface area contributed by atoms with E-state index in [1.165, 1.54) is 44.3 Å². The molecule has 0 fully saturated rings. The third-order valence-electron chi connectivity index (χ3n) is 7.41. The Balaban J connectivity index is 1.58. The van der Waals surface area contributed by atoms with Crippen molar-refractivity contribution in [2.45, 2.75) is 5.41 Å². The van der Waals surface area contributed by atoms with Gasteiger partial charge in [-0.2, -0.15) is 0 Å². The van der Waals surface area contributed by atoms with E-state index in [4.69, 9.17) is 4.74 Å². The van der Waals surface area contributed by atoms with Gasteiger partial charge in [0, 0.05) is 28.7 Å². The van der Waals surface area contributed by atoms with Gasteiger partial charge in [-0.15, -0.1) is 0 Å². The summed E-state index contributed by atoms with van der Waals surface area (Å²) in [5, 5.41) is 1.21. The average molecular weight is 420 g/mol. The lowest BCUT2D eigenvalue weighted by Crippen LogP contribution is -2.32. The first-order chi connectivity index (χ1) is 16.4. The van der Waals surface area contributed by atoms with Gasteiger partial charge < -0.3 is 9.72 Å². The highest BCUT2D eigenvalue weighted by atomic mass is 16.5. The molecule has 0 unspecified atom stereocenters. The van der Waals surface area contributed by atoms with E-state index in [-0.39, 0.29) is 0 Å². The number of aromatic nitrogens is 1. The van der Waals surface area contributed by atoms with E-state index in [0.717, 1.165) is 22.7 Å². The van der Waals surface area contributed by atoms with Crippen LogP contribution in [0.3, 0.4) is 0 Å². The zero-order valence-electron chi connectivity index (χ0n) is 17.7. The van der Waals surface area contributed by atoms with Crippen molar-refractivity contribution >= 4 is 23.1 Å². The second-order valence-corrected chi connectivity index (χ2v) is 8.93. The molecule has 2 heterocycles. The van der Waals surface area contributed by atoms with Gasteiger partial charge in [-0.25, -0.2) is 0 Å². The Morgan fingerprint density at radius 2 is 1.39 bits per heavy atom. The molecule has 152 valence electrons. The molecule has 0 saturated carbocycles. The fourth-order valence-corrected chi connectivity index (χ4v) is 6.14. The van der Waals surface area contributed by atoms with Gasteiger partial charge in [0.15, 0.2) is 5.69 Å². The first-order valence-corrected chi connectivity index (χ1v) is 11.3. The smallest absolute Gasteiger partial charge is 0.159 e. The Bertz CT molecular complexity index is 1650. The number of ether oxygens (including phenoxy) is 1. The molecule has 5 aromatic rings. The van der Waals surface area contributed by atoms with Gasteiger partial charge in [-0.3, -0.25) is 0 Å². The molecule has 1 N–H and O–H groups in total. The molecule has 33 heavy (non-hydrogen) atoms. The Kier molecular flexibility index (Phi) is 3.07. The molecule has 1 aromatic heterocycles. The van der Waals surface area contributed by atoms with Crippen LogP contribution in [0.5, 0.6) is 11.5 Å². The molecule has 1 spiro atoms. The summed E-state index contributed by atoms with van der Waals surface area (Å²) in [6.45, 7) is 0. The second-order valence-electron chi connectivity index (χ2n) is 8.93. The lowest BCUT2D eigenvalue weighted by atomic mass is 9.66. The summed E-state index contributed by atoms with van der Waals surface area (Å²) in [5.41, 5.74) is 10.6. The molecule has 3 aliphatic rings. The number of allylic oxidation sites excluding steroid dienone is 2. The quantitative estimate of drug-likeness (QED) is 0.253. The van der Waals surface area contributed by atoms with Gasteiger partial charge in [-0.05, 0) is 34.4 Å². The fourth-order valence-electron chi connectivity index (χ4n) is 6.14. The van der Waals surface area contributed by atoms with Crippen molar-refractivity contribution < 1.29 is 4.74 Å². The minimum Gasteiger partial charge on any atom is -0.457 e. The molecule has 0 atom stereocenters. The van der Waals surface area contributed by atoms with E-state index >= 15 is 0 Å². The number of fused-ring (bicyclic) bond motifs is 12. The van der Waals surface area contributed by atoms with Crippen molar-refractivity contribution in [1.82, 2.24) is 4.98 Å². The summed E-state index contributed by atoms with van der Waals surface area (Å²) < 4.78 is 6.57. The van der Waals surface area contributed by atoms with E-state index in [2.05, 4.69) is 102 Å². The molecule has 2 nitrogen and oxygen atoms in total. The Hall–Kier alpha value is -4.39. The van der Waals surface area contributed by atoms with Crippen molar-refractivity contribution in [2.24, 2.45) is 0 Å². The molecule has 0 bridgehead atoms. The van der Waals surface area contributed by atoms with Gasteiger partial charge in [0.2, 0.25) is 0 Å². The normalized spacial score (nSPS) is 15.3. The number of hydrogen-bond acceptors (Lipinski definition) is 1. The number of para-hydroxylation sites is 1. The summed E-state index contributed by atoms with van der Waals surface area (Å²) in [6, 6.07) is 30.7. The largest absolute Gasteiger partial charge is 0.457 e. The number of benzene rings is 4. The summed E-state index contributed by atoms with van der Waals surface area (Å²) >= 11 is 0. The molecular formula is C31H18NO+. The highest BCUT2D eigenvalue weighted by Gasteiger charge is 2.51. The van der Waals surface area contributed by atoms with Crippen LogP contribution in [0.25, 0.3) is 34.2 Å². The summed E-state index contributed by atoms with van der Waals surface area (Å²) in [7, 11) is 0. The van der Waals surface area contributed by atoms with E-state index < -0.39 is 5.41 Å². The third-order valence-corrected chi connectivity index (χ3v) is 7.41. The maximum atomic E-state index is 6.57. The van der Waals surface area contributed by atoms with Crippen LogP contribution in [-0.4, -0.2) is 4.98 Å². The minimum absolute atomic E-state index is 0.421. The van der Waals surface area contributed by atoms with Crippen molar-refractivity contribution in [1.29, 1.82) is 0 Å². The number of hydrogen-bond donors (Lipinski definition) is 1. The van der Waals surface area contributed by atoms with Crippen molar-refractivity contribution in [2.75, 3.05) is 0 Å². The Labute approximate surface area is 191 Å². The first-order valence-electron chi connectivity index (χ1n) is 11.3. The minimum atomic E-state index is -0.421. The topological polar surface area (TPSA) is 25.0 Å². The van der Waals surface area contributed by atoms with Crippen molar-refractivity contribution in [3.63, 3.8) is 0 Å². The van der Waals surface area contributed by atoms with E-state index in [1.807, 2.05) is 12.2 Å². The fraction of sp³-hybridized carbons (Fsp3) is 0.0323. The van der Waals surface area contributed by atoms with E-state index in [9.17, 15) is 0 Å². The van der Waals surface area contributed by atoms with E-state index in [1.54, 1.807) is 0 Å². The molecule has 0 radical (unpaired) electrons. The number of aromatic amines is 1. The molecule has 0 saturated heterocycles. The van der Waals surface area contributed by atoms with Gasteiger partial charge in [0.05, 0.1) is 17.0 Å².